The minimum atomic E-state index is -4.02. The third-order valence-corrected chi connectivity index (χ3v) is 15.0. The van der Waals surface area contributed by atoms with Gasteiger partial charge in [0, 0.05) is 14.3 Å². The molecule has 10 heteroatoms. The van der Waals surface area contributed by atoms with Crippen molar-refractivity contribution < 1.29 is 22.7 Å². The van der Waals surface area contributed by atoms with E-state index in [0.29, 0.717) is 23.2 Å². The Balaban J connectivity index is 2.24. The Morgan fingerprint density at radius 3 is 2.04 bits per heavy atom. The summed E-state index contributed by atoms with van der Waals surface area (Å²) in [4.78, 5) is 11.7. The number of sulfonamides is 1. The first kappa shape index (κ1) is 22.3. The third-order valence-electron chi connectivity index (χ3n) is 4.89. The van der Waals surface area contributed by atoms with E-state index in [4.69, 9.17) is 9.53 Å². The number of carbonyl (C=O) groups is 1. The second-order valence-corrected chi connectivity index (χ2v) is 17.1. The van der Waals surface area contributed by atoms with Crippen LogP contribution >= 0.6 is 22.7 Å². The third kappa shape index (κ3) is 4.56. The van der Waals surface area contributed by atoms with Crippen molar-refractivity contribution in [3.05, 3.63) is 17.0 Å². The number of hydrogen-bond donors (Lipinski definition) is 2. The number of hydrogen-bond acceptors (Lipinski definition) is 6. The molecule has 0 saturated carbocycles. The molecule has 0 saturated heterocycles. The van der Waals surface area contributed by atoms with Crippen LogP contribution < -0.4 is 4.72 Å². The molecule has 2 rings (SSSR count). The summed E-state index contributed by atoms with van der Waals surface area (Å²) < 4.78 is 33.8. The summed E-state index contributed by atoms with van der Waals surface area (Å²) >= 11 is 2.57. The van der Waals surface area contributed by atoms with Crippen molar-refractivity contribution in [2.24, 2.45) is 0 Å². The lowest BCUT2D eigenvalue weighted by Crippen LogP contribution is -2.47. The predicted octanol–water partition coefficient (Wildman–Crippen LogP) is 5.61. The van der Waals surface area contributed by atoms with Crippen LogP contribution in [0.15, 0.2) is 16.3 Å². The van der Waals surface area contributed by atoms with Crippen molar-refractivity contribution in [1.29, 1.82) is 0 Å². The van der Waals surface area contributed by atoms with Crippen molar-refractivity contribution >= 4 is 56.5 Å². The summed E-state index contributed by atoms with van der Waals surface area (Å²) in [6, 6.07) is 3.47. The smallest absolute Gasteiger partial charge is 0.418 e. The number of thiophene rings is 2. The van der Waals surface area contributed by atoms with Crippen molar-refractivity contribution in [2.75, 3.05) is 0 Å². The molecule has 2 aromatic heterocycles. The minimum Gasteiger partial charge on any atom is -0.464 e. The molecule has 152 valence electrons. The monoisotopic (exact) mass is 449 g/mol. The minimum absolute atomic E-state index is 0.00822. The molecule has 0 atom stereocenters. The standard InChI is InChI=1S/C17H27NO5S3Si/c1-10(2)27(11(3)4,12(5)6)23-9-13-7-14-15(24-13)8-16(25-14)26(21,22)18-17(19)20/h7-8,10-12,18H,9H2,1-6H3,(H,19,20). The van der Waals surface area contributed by atoms with Gasteiger partial charge in [0.15, 0.2) is 0 Å². The van der Waals surface area contributed by atoms with Crippen LogP contribution in [0, 0.1) is 0 Å². The molecule has 2 aromatic rings. The normalized spacial score (nSPS) is 13.2. The van der Waals surface area contributed by atoms with Crippen LogP contribution in [0.1, 0.15) is 46.4 Å². The highest BCUT2D eigenvalue weighted by Gasteiger charge is 2.45. The lowest BCUT2D eigenvalue weighted by molar-refractivity contribution is 0.201. The van der Waals surface area contributed by atoms with E-state index in [-0.39, 0.29) is 4.21 Å². The van der Waals surface area contributed by atoms with Gasteiger partial charge in [0.25, 0.3) is 10.0 Å². The summed E-state index contributed by atoms with van der Waals surface area (Å²) in [7, 11) is -5.98. The molecule has 2 heterocycles. The van der Waals surface area contributed by atoms with E-state index in [1.165, 1.54) is 17.4 Å². The van der Waals surface area contributed by atoms with Crippen molar-refractivity contribution in [1.82, 2.24) is 4.72 Å². The van der Waals surface area contributed by atoms with Crippen LogP contribution in [0.3, 0.4) is 0 Å². The molecule has 0 aromatic carbocycles. The largest absolute Gasteiger partial charge is 0.464 e. The molecule has 2 N–H and O–H groups in total. The Morgan fingerprint density at radius 2 is 1.59 bits per heavy atom. The number of rotatable bonds is 8. The van der Waals surface area contributed by atoms with Crippen LogP contribution in [0.25, 0.3) is 9.40 Å². The Labute approximate surface area is 169 Å². The van der Waals surface area contributed by atoms with E-state index in [2.05, 4.69) is 41.5 Å². The quantitative estimate of drug-likeness (QED) is 0.511. The van der Waals surface area contributed by atoms with Gasteiger partial charge in [0.2, 0.25) is 8.32 Å². The molecule has 0 radical (unpaired) electrons. The SMILES string of the molecule is CC(C)[Si](OCc1cc2sc(S(=O)(=O)NC(=O)O)cc2s1)(C(C)C)C(C)C. The van der Waals surface area contributed by atoms with E-state index in [1.807, 2.05) is 6.07 Å². The highest BCUT2D eigenvalue weighted by molar-refractivity contribution is 7.92. The molecule has 0 unspecified atom stereocenters. The Hall–Kier alpha value is -0.943. The van der Waals surface area contributed by atoms with Crippen LogP contribution in [0.2, 0.25) is 16.6 Å². The molecule has 27 heavy (non-hydrogen) atoms. The van der Waals surface area contributed by atoms with Gasteiger partial charge in [-0.15, -0.1) is 22.7 Å². The molecule has 0 bridgehead atoms. The van der Waals surface area contributed by atoms with E-state index >= 15 is 0 Å². The number of amides is 1. The lowest BCUT2D eigenvalue weighted by Gasteiger charge is -2.42. The Kier molecular flexibility index (Phi) is 6.79. The highest BCUT2D eigenvalue weighted by Crippen LogP contribution is 2.43. The maximum atomic E-state index is 12.0. The van der Waals surface area contributed by atoms with Crippen molar-refractivity contribution in [3.8, 4) is 0 Å². The van der Waals surface area contributed by atoms with Gasteiger partial charge in [-0.3, -0.25) is 0 Å². The Morgan fingerprint density at radius 1 is 1.07 bits per heavy atom. The molecule has 1 amide bonds. The fraction of sp³-hybridized carbons (Fsp3) is 0.588. The first-order valence-corrected chi connectivity index (χ1v) is 14.1. The maximum Gasteiger partial charge on any atom is 0.418 e. The predicted molar refractivity (Wildman–Crippen MR) is 114 cm³/mol. The number of carboxylic acid groups (broad SMARTS) is 1. The highest BCUT2D eigenvalue weighted by atomic mass is 32.2. The summed E-state index contributed by atoms with van der Waals surface area (Å²) in [6.07, 6.45) is -1.59. The van der Waals surface area contributed by atoms with Gasteiger partial charge in [-0.05, 0) is 28.8 Å². The van der Waals surface area contributed by atoms with Crippen molar-refractivity contribution in [3.63, 3.8) is 0 Å². The zero-order chi connectivity index (χ0) is 20.6. The van der Waals surface area contributed by atoms with Gasteiger partial charge in [-0.25, -0.2) is 17.9 Å². The van der Waals surface area contributed by atoms with Crippen LogP contribution in [-0.4, -0.2) is 27.9 Å². The van der Waals surface area contributed by atoms with E-state index < -0.39 is 24.4 Å². The van der Waals surface area contributed by atoms with Crippen LogP contribution in [0.4, 0.5) is 4.79 Å². The molecular weight excluding hydrogens is 422 g/mol. The van der Waals surface area contributed by atoms with Gasteiger partial charge < -0.3 is 9.53 Å². The molecule has 0 aliphatic rings. The van der Waals surface area contributed by atoms with Crippen LogP contribution in [0.5, 0.6) is 0 Å². The number of nitrogens with one attached hydrogen (secondary N) is 1. The summed E-state index contributed by atoms with van der Waals surface area (Å²) in [6.45, 7) is 14.0. The summed E-state index contributed by atoms with van der Waals surface area (Å²) in [5.41, 5.74) is 1.49. The van der Waals surface area contributed by atoms with Gasteiger partial charge in [-0.2, -0.15) is 0 Å². The van der Waals surface area contributed by atoms with Gasteiger partial charge in [0.05, 0.1) is 6.61 Å². The van der Waals surface area contributed by atoms with Crippen LogP contribution in [-0.2, 0) is 21.1 Å². The molecular formula is C17H27NO5S3Si. The lowest BCUT2D eigenvalue weighted by atomic mass is 10.4. The average molecular weight is 450 g/mol. The number of fused-ring (bicyclic) bond motifs is 1. The van der Waals surface area contributed by atoms with Gasteiger partial charge in [-0.1, -0.05) is 41.5 Å². The van der Waals surface area contributed by atoms with E-state index in [0.717, 1.165) is 25.6 Å². The molecule has 6 nitrogen and oxygen atoms in total. The summed E-state index contributed by atoms with van der Waals surface area (Å²) in [5, 5.41) is 8.66. The first-order chi connectivity index (χ1) is 12.4. The fourth-order valence-corrected chi connectivity index (χ4v) is 13.0. The van der Waals surface area contributed by atoms with E-state index in [1.54, 1.807) is 4.72 Å². The topological polar surface area (TPSA) is 92.7 Å². The van der Waals surface area contributed by atoms with E-state index in [9.17, 15) is 13.2 Å². The second-order valence-electron chi connectivity index (χ2n) is 7.52. The molecule has 0 spiro atoms. The Bertz CT molecular complexity index is 861. The molecule has 0 aliphatic heterocycles. The average Bonchev–Trinajstić information content (AvgIpc) is 3.03. The van der Waals surface area contributed by atoms with Gasteiger partial charge in [0.1, 0.15) is 4.21 Å². The second kappa shape index (κ2) is 8.20. The summed E-state index contributed by atoms with van der Waals surface area (Å²) in [5.74, 6) is 0. The van der Waals surface area contributed by atoms with Crippen molar-refractivity contribution in [2.45, 2.75) is 69.0 Å². The zero-order valence-corrected chi connectivity index (χ0v) is 19.8. The zero-order valence-electron chi connectivity index (χ0n) is 16.4. The first-order valence-electron chi connectivity index (χ1n) is 8.82. The fourth-order valence-electron chi connectivity index (χ4n) is 3.93. The van der Waals surface area contributed by atoms with Gasteiger partial charge >= 0.3 is 6.09 Å². The molecule has 0 fully saturated rings. The molecule has 0 aliphatic carbocycles. The maximum absolute atomic E-state index is 12.0.